The molecule has 0 saturated heterocycles. The van der Waals surface area contributed by atoms with Crippen LogP contribution in [-0.2, 0) is 9.05 Å². The van der Waals surface area contributed by atoms with Gasteiger partial charge in [-0.15, -0.1) is 0 Å². The van der Waals surface area contributed by atoms with Crippen molar-refractivity contribution in [3.63, 3.8) is 0 Å². The van der Waals surface area contributed by atoms with Crippen LogP contribution in [0.4, 0.5) is 4.39 Å². The minimum Gasteiger partial charge on any atom is -0.339 e. The third-order valence-corrected chi connectivity index (χ3v) is 5.20. The number of nitrogens with zero attached hydrogens (tertiary/aromatic N) is 1. The van der Waals surface area contributed by atoms with Crippen LogP contribution in [0.15, 0.2) is 17.0 Å². The van der Waals surface area contributed by atoms with Crippen LogP contribution in [0.25, 0.3) is 0 Å². The molecule has 0 spiro atoms. The number of carbonyl (C=O) groups excluding carboxylic acids is 1. The quantitative estimate of drug-likeness (QED) is 0.805. The third-order valence-electron chi connectivity index (χ3n) is 3.75. The zero-order valence-electron chi connectivity index (χ0n) is 11.2. The van der Waals surface area contributed by atoms with Gasteiger partial charge in [-0.25, -0.2) is 12.8 Å². The van der Waals surface area contributed by atoms with Gasteiger partial charge in [0, 0.05) is 34.9 Å². The Balaban J connectivity index is 2.42. The number of rotatable bonds is 3. The van der Waals surface area contributed by atoms with E-state index in [0.29, 0.717) is 0 Å². The maximum atomic E-state index is 13.8. The molecule has 0 bridgehead atoms. The molecule has 0 unspecified atom stereocenters. The summed E-state index contributed by atoms with van der Waals surface area (Å²) in [6, 6.07) is 2.33. The smallest absolute Gasteiger partial charge is 0.261 e. The average Bonchev–Trinajstić information content (AvgIpc) is 2.27. The van der Waals surface area contributed by atoms with E-state index in [1.165, 1.54) is 11.8 Å². The summed E-state index contributed by atoms with van der Waals surface area (Å²) in [4.78, 5) is 13.4. The zero-order chi connectivity index (χ0) is 15.1. The molecule has 1 aromatic carbocycles. The minimum absolute atomic E-state index is 0.00160. The van der Waals surface area contributed by atoms with Gasteiger partial charge in [0.05, 0.1) is 4.90 Å². The summed E-state index contributed by atoms with van der Waals surface area (Å²) in [6.07, 6.45) is 2.89. The van der Waals surface area contributed by atoms with E-state index in [9.17, 15) is 17.6 Å². The van der Waals surface area contributed by atoms with Crippen LogP contribution < -0.4 is 0 Å². The first-order valence-corrected chi connectivity index (χ1v) is 8.54. The van der Waals surface area contributed by atoms with E-state index in [2.05, 4.69) is 0 Å². The SMILES string of the molecule is Cc1c(F)cc(C(=O)N(C)C2CCC2)cc1S(=O)(=O)Cl. The molecule has 4 nitrogen and oxygen atoms in total. The van der Waals surface area contributed by atoms with E-state index in [4.69, 9.17) is 10.7 Å². The van der Waals surface area contributed by atoms with Crippen molar-refractivity contribution in [3.05, 3.63) is 29.1 Å². The highest BCUT2D eigenvalue weighted by Crippen LogP contribution is 2.27. The van der Waals surface area contributed by atoms with Crippen LogP contribution in [-0.4, -0.2) is 32.3 Å². The molecule has 0 aromatic heterocycles. The predicted octanol–water partition coefficient (Wildman–Crippen LogP) is 2.69. The maximum absolute atomic E-state index is 13.8. The van der Waals surface area contributed by atoms with Crippen LogP contribution in [0.5, 0.6) is 0 Å². The first-order chi connectivity index (χ1) is 9.21. The molecule has 110 valence electrons. The molecule has 1 aliphatic carbocycles. The molecule has 2 rings (SSSR count). The van der Waals surface area contributed by atoms with Gasteiger partial charge in [0.2, 0.25) is 0 Å². The van der Waals surface area contributed by atoms with Crippen molar-refractivity contribution in [2.45, 2.75) is 37.1 Å². The number of benzene rings is 1. The van der Waals surface area contributed by atoms with Crippen LogP contribution in [0.1, 0.15) is 35.2 Å². The molecule has 0 atom stereocenters. The maximum Gasteiger partial charge on any atom is 0.261 e. The third kappa shape index (κ3) is 2.81. The largest absolute Gasteiger partial charge is 0.339 e. The van der Waals surface area contributed by atoms with Gasteiger partial charge in [0.15, 0.2) is 0 Å². The van der Waals surface area contributed by atoms with Gasteiger partial charge >= 0.3 is 0 Å². The van der Waals surface area contributed by atoms with Gasteiger partial charge in [0.25, 0.3) is 15.0 Å². The Kier molecular flexibility index (Phi) is 4.07. The van der Waals surface area contributed by atoms with Gasteiger partial charge in [-0.2, -0.15) is 0 Å². The fourth-order valence-corrected chi connectivity index (χ4v) is 3.39. The summed E-state index contributed by atoms with van der Waals surface area (Å²) >= 11 is 0. The Morgan fingerprint density at radius 3 is 2.45 bits per heavy atom. The van der Waals surface area contributed by atoms with E-state index in [1.807, 2.05) is 0 Å². The molecule has 0 N–H and O–H groups in total. The molecule has 1 amide bonds. The lowest BCUT2D eigenvalue weighted by molar-refractivity contribution is 0.0651. The second-order valence-corrected chi connectivity index (χ2v) is 7.55. The van der Waals surface area contributed by atoms with E-state index >= 15 is 0 Å². The Hall–Kier alpha value is -1.14. The Bertz CT molecular complexity index is 656. The molecule has 1 aromatic rings. The van der Waals surface area contributed by atoms with Gasteiger partial charge < -0.3 is 4.90 Å². The van der Waals surface area contributed by atoms with E-state index < -0.39 is 20.8 Å². The molecule has 0 heterocycles. The summed E-state index contributed by atoms with van der Waals surface area (Å²) in [5, 5.41) is 0. The fourth-order valence-electron chi connectivity index (χ4n) is 2.17. The summed E-state index contributed by atoms with van der Waals surface area (Å²) < 4.78 is 36.6. The van der Waals surface area contributed by atoms with Crippen molar-refractivity contribution in [3.8, 4) is 0 Å². The summed E-state index contributed by atoms with van der Waals surface area (Å²) in [6.45, 7) is 1.31. The number of hydrogen-bond acceptors (Lipinski definition) is 3. The lowest BCUT2D eigenvalue weighted by Gasteiger charge is -2.34. The topological polar surface area (TPSA) is 54.5 Å². The number of amides is 1. The van der Waals surface area contributed by atoms with Crippen molar-refractivity contribution in [1.29, 1.82) is 0 Å². The fraction of sp³-hybridized carbons (Fsp3) is 0.462. The van der Waals surface area contributed by atoms with Gasteiger partial charge in [-0.3, -0.25) is 4.79 Å². The Labute approximate surface area is 121 Å². The van der Waals surface area contributed by atoms with E-state index in [-0.39, 0.29) is 22.1 Å². The second-order valence-electron chi connectivity index (χ2n) is 5.02. The number of hydrogen-bond donors (Lipinski definition) is 0. The zero-order valence-corrected chi connectivity index (χ0v) is 12.8. The van der Waals surface area contributed by atoms with Crippen molar-refractivity contribution in [2.24, 2.45) is 0 Å². The Morgan fingerprint density at radius 1 is 1.40 bits per heavy atom. The summed E-state index contributed by atoms with van der Waals surface area (Å²) in [5.74, 6) is -1.15. The standard InChI is InChI=1S/C13H15ClFNO3S/c1-8-11(15)6-9(7-12(8)20(14,18)19)13(17)16(2)10-4-3-5-10/h6-7,10H,3-5H2,1-2H3. The highest BCUT2D eigenvalue weighted by molar-refractivity contribution is 8.13. The molecule has 1 saturated carbocycles. The summed E-state index contributed by atoms with van der Waals surface area (Å²) in [7, 11) is 2.82. The molecule has 0 radical (unpaired) electrons. The lowest BCUT2D eigenvalue weighted by Crippen LogP contribution is -2.41. The highest BCUT2D eigenvalue weighted by Gasteiger charge is 2.28. The second kappa shape index (κ2) is 5.33. The summed E-state index contributed by atoms with van der Waals surface area (Å²) in [5.41, 5.74) is -0.0791. The minimum atomic E-state index is -4.09. The molecule has 20 heavy (non-hydrogen) atoms. The van der Waals surface area contributed by atoms with Crippen LogP contribution in [0.3, 0.4) is 0 Å². The normalized spacial score (nSPS) is 15.8. The van der Waals surface area contributed by atoms with Crippen LogP contribution in [0, 0.1) is 12.7 Å². The first kappa shape index (κ1) is 15.3. The average molecular weight is 320 g/mol. The monoisotopic (exact) mass is 319 g/mol. The van der Waals surface area contributed by atoms with Crippen LogP contribution >= 0.6 is 10.7 Å². The lowest BCUT2D eigenvalue weighted by atomic mass is 9.91. The van der Waals surface area contributed by atoms with Crippen molar-refractivity contribution in [2.75, 3.05) is 7.05 Å². The highest BCUT2D eigenvalue weighted by atomic mass is 35.7. The molecule has 0 aliphatic heterocycles. The molecule has 7 heteroatoms. The van der Waals surface area contributed by atoms with Gasteiger partial charge in [0.1, 0.15) is 5.82 Å². The first-order valence-electron chi connectivity index (χ1n) is 6.24. The van der Waals surface area contributed by atoms with Gasteiger partial charge in [-0.05, 0) is 38.3 Å². The van der Waals surface area contributed by atoms with Crippen molar-refractivity contribution in [1.82, 2.24) is 4.90 Å². The van der Waals surface area contributed by atoms with Gasteiger partial charge in [-0.1, -0.05) is 0 Å². The molecular weight excluding hydrogens is 305 g/mol. The van der Waals surface area contributed by atoms with E-state index in [0.717, 1.165) is 31.4 Å². The van der Waals surface area contributed by atoms with Crippen molar-refractivity contribution >= 4 is 25.6 Å². The number of halogens is 2. The van der Waals surface area contributed by atoms with Crippen molar-refractivity contribution < 1.29 is 17.6 Å². The van der Waals surface area contributed by atoms with Crippen LogP contribution in [0.2, 0.25) is 0 Å². The molecule has 1 aliphatic rings. The predicted molar refractivity (Wildman–Crippen MR) is 73.9 cm³/mol. The Morgan fingerprint density at radius 2 is 2.00 bits per heavy atom. The molecule has 1 fully saturated rings. The van der Waals surface area contributed by atoms with E-state index in [1.54, 1.807) is 7.05 Å². The number of carbonyl (C=O) groups is 1. The molecular formula is C13H15ClFNO3S.